The number of carbonyl (C=O) groups is 1. The Hall–Kier alpha value is -1.22. The molecule has 0 saturated carbocycles. The second kappa shape index (κ2) is 5.21. The third kappa shape index (κ3) is 2.67. The third-order valence-electron chi connectivity index (χ3n) is 2.45. The summed E-state index contributed by atoms with van der Waals surface area (Å²) in [5.41, 5.74) is -1.41. The number of ether oxygens (including phenoxy) is 1. The van der Waals surface area contributed by atoms with Gasteiger partial charge in [0.05, 0.1) is 5.38 Å². The van der Waals surface area contributed by atoms with Gasteiger partial charge in [-0.2, -0.15) is 0 Å². The number of halogens is 1. The lowest BCUT2D eigenvalue weighted by Crippen LogP contribution is -2.49. The van der Waals surface area contributed by atoms with Gasteiger partial charge in [-0.25, -0.2) is 4.79 Å². The maximum absolute atomic E-state index is 11.2. The van der Waals surface area contributed by atoms with Crippen LogP contribution in [0.25, 0.3) is 0 Å². The van der Waals surface area contributed by atoms with Crippen LogP contribution in [0.4, 0.5) is 0 Å². The number of hydrogen-bond acceptors (Lipinski definition) is 2. The van der Waals surface area contributed by atoms with Gasteiger partial charge >= 0.3 is 5.97 Å². The Morgan fingerprint density at radius 1 is 1.50 bits per heavy atom. The van der Waals surface area contributed by atoms with E-state index < -0.39 is 16.9 Å². The van der Waals surface area contributed by atoms with Crippen molar-refractivity contribution in [3.05, 3.63) is 30.3 Å². The lowest BCUT2D eigenvalue weighted by atomic mass is 10.00. The zero-order valence-electron chi connectivity index (χ0n) is 9.31. The summed E-state index contributed by atoms with van der Waals surface area (Å²) in [5, 5.41) is 8.61. The maximum atomic E-state index is 11.2. The summed E-state index contributed by atoms with van der Waals surface area (Å²) in [6.45, 7) is 3.32. The van der Waals surface area contributed by atoms with Gasteiger partial charge in [-0.3, -0.25) is 0 Å². The molecule has 2 atom stereocenters. The molecular formula is C12H15ClO3. The minimum Gasteiger partial charge on any atom is -0.478 e. The second-order valence-corrected chi connectivity index (χ2v) is 4.23. The molecular weight excluding hydrogens is 228 g/mol. The highest BCUT2D eigenvalue weighted by atomic mass is 35.5. The molecule has 0 aliphatic carbocycles. The van der Waals surface area contributed by atoms with Crippen molar-refractivity contribution < 1.29 is 14.6 Å². The van der Waals surface area contributed by atoms with Gasteiger partial charge < -0.3 is 9.84 Å². The predicted octanol–water partition coefficient (Wildman–Crippen LogP) is 2.93. The largest absolute Gasteiger partial charge is 0.478 e. The van der Waals surface area contributed by atoms with E-state index in [0.717, 1.165) is 0 Å². The molecule has 0 aliphatic rings. The van der Waals surface area contributed by atoms with E-state index in [4.69, 9.17) is 16.3 Å². The fraction of sp³-hybridized carbons (Fsp3) is 0.417. The molecule has 0 radical (unpaired) electrons. The minimum absolute atomic E-state index is 0.506. The smallest absolute Gasteiger partial charge is 0.349 e. The molecule has 1 rings (SSSR count). The molecule has 0 amide bonds. The van der Waals surface area contributed by atoms with Crippen LogP contribution in [0.2, 0.25) is 0 Å². The van der Waals surface area contributed by atoms with Crippen molar-refractivity contribution in [1.29, 1.82) is 0 Å². The van der Waals surface area contributed by atoms with Crippen LogP contribution in [-0.4, -0.2) is 22.1 Å². The first-order chi connectivity index (χ1) is 7.50. The van der Waals surface area contributed by atoms with Crippen molar-refractivity contribution >= 4 is 17.6 Å². The van der Waals surface area contributed by atoms with Crippen molar-refractivity contribution in [2.24, 2.45) is 0 Å². The molecule has 16 heavy (non-hydrogen) atoms. The molecule has 0 aromatic heterocycles. The number of rotatable bonds is 5. The lowest BCUT2D eigenvalue weighted by molar-refractivity contribution is -0.154. The van der Waals surface area contributed by atoms with E-state index >= 15 is 0 Å². The van der Waals surface area contributed by atoms with Crippen LogP contribution in [0, 0.1) is 0 Å². The molecule has 0 bridgehead atoms. The van der Waals surface area contributed by atoms with Gasteiger partial charge in [0.1, 0.15) is 5.75 Å². The Morgan fingerprint density at radius 3 is 2.50 bits per heavy atom. The number of para-hydroxylation sites is 1. The van der Waals surface area contributed by atoms with Crippen LogP contribution in [0.1, 0.15) is 20.3 Å². The molecule has 0 aliphatic heterocycles. The van der Waals surface area contributed by atoms with Gasteiger partial charge in [0, 0.05) is 0 Å². The Morgan fingerprint density at radius 2 is 2.06 bits per heavy atom. The minimum atomic E-state index is -1.41. The van der Waals surface area contributed by atoms with Crippen molar-refractivity contribution in [3.63, 3.8) is 0 Å². The summed E-state index contributed by atoms with van der Waals surface area (Å²) in [7, 11) is 0. The monoisotopic (exact) mass is 242 g/mol. The van der Waals surface area contributed by atoms with Crippen LogP contribution in [0.5, 0.6) is 5.75 Å². The molecule has 1 aromatic carbocycles. The fourth-order valence-electron chi connectivity index (χ4n) is 1.36. The zero-order valence-corrected chi connectivity index (χ0v) is 10.1. The highest BCUT2D eigenvalue weighted by molar-refractivity contribution is 6.23. The van der Waals surface area contributed by atoms with E-state index in [-0.39, 0.29) is 0 Å². The molecule has 4 heteroatoms. The average molecular weight is 243 g/mol. The van der Waals surface area contributed by atoms with Crippen LogP contribution < -0.4 is 4.74 Å². The summed E-state index contributed by atoms with van der Waals surface area (Å²) >= 11 is 6.01. The molecule has 0 fully saturated rings. The Labute approximate surface area is 100.0 Å². The van der Waals surface area contributed by atoms with Crippen LogP contribution in [0.3, 0.4) is 0 Å². The van der Waals surface area contributed by atoms with Crippen molar-refractivity contribution in [2.45, 2.75) is 31.2 Å². The first kappa shape index (κ1) is 12.8. The standard InChI is InChI=1S/C12H15ClO3/c1-3-10(13)12(2,11(14)15)16-9-7-5-4-6-8-9/h4-8,10H,3H2,1-2H3,(H,14,15). The summed E-state index contributed by atoms with van der Waals surface area (Å²) < 4.78 is 5.48. The van der Waals surface area contributed by atoms with E-state index in [0.29, 0.717) is 12.2 Å². The molecule has 2 unspecified atom stereocenters. The average Bonchev–Trinajstić information content (AvgIpc) is 2.28. The first-order valence-electron chi connectivity index (χ1n) is 5.12. The van der Waals surface area contributed by atoms with E-state index in [2.05, 4.69) is 0 Å². The highest BCUT2D eigenvalue weighted by Gasteiger charge is 2.42. The summed E-state index contributed by atoms with van der Waals surface area (Å²) in [6, 6.07) is 8.82. The zero-order chi connectivity index (χ0) is 12.2. The number of alkyl halides is 1. The normalized spacial score (nSPS) is 16.2. The molecule has 1 N–H and O–H groups in total. The highest BCUT2D eigenvalue weighted by Crippen LogP contribution is 2.26. The lowest BCUT2D eigenvalue weighted by Gasteiger charge is -2.30. The van der Waals surface area contributed by atoms with Gasteiger partial charge in [0.2, 0.25) is 5.60 Å². The quantitative estimate of drug-likeness (QED) is 0.808. The van der Waals surface area contributed by atoms with Crippen molar-refractivity contribution in [2.75, 3.05) is 0 Å². The Kier molecular flexibility index (Phi) is 4.19. The fourth-order valence-corrected chi connectivity index (χ4v) is 1.50. The first-order valence-corrected chi connectivity index (χ1v) is 5.56. The van der Waals surface area contributed by atoms with Crippen LogP contribution >= 0.6 is 11.6 Å². The Balaban J connectivity index is 2.92. The number of carboxylic acid groups (broad SMARTS) is 1. The number of aliphatic carboxylic acids is 1. The summed E-state index contributed by atoms with van der Waals surface area (Å²) in [4.78, 5) is 11.2. The molecule has 3 nitrogen and oxygen atoms in total. The van der Waals surface area contributed by atoms with Gasteiger partial charge in [-0.05, 0) is 25.5 Å². The van der Waals surface area contributed by atoms with Crippen LogP contribution in [-0.2, 0) is 4.79 Å². The van der Waals surface area contributed by atoms with Gasteiger partial charge in [0.15, 0.2) is 0 Å². The van der Waals surface area contributed by atoms with Crippen LogP contribution in [0.15, 0.2) is 30.3 Å². The molecule has 0 saturated heterocycles. The Bertz CT molecular complexity index is 353. The summed E-state index contributed by atoms with van der Waals surface area (Å²) in [6.07, 6.45) is 0.525. The van der Waals surface area contributed by atoms with Gasteiger partial charge in [0.25, 0.3) is 0 Å². The maximum Gasteiger partial charge on any atom is 0.349 e. The second-order valence-electron chi connectivity index (χ2n) is 3.70. The summed E-state index contributed by atoms with van der Waals surface area (Å²) in [5.74, 6) is -0.551. The SMILES string of the molecule is CCC(Cl)C(C)(Oc1ccccc1)C(=O)O. The third-order valence-corrected chi connectivity index (χ3v) is 3.18. The van der Waals surface area contributed by atoms with E-state index in [1.165, 1.54) is 6.92 Å². The molecule has 1 aromatic rings. The van der Waals surface area contributed by atoms with Crippen molar-refractivity contribution in [1.82, 2.24) is 0 Å². The molecule has 0 spiro atoms. The topological polar surface area (TPSA) is 46.5 Å². The van der Waals surface area contributed by atoms with E-state index in [9.17, 15) is 9.90 Å². The van der Waals surface area contributed by atoms with Crippen molar-refractivity contribution in [3.8, 4) is 5.75 Å². The molecule has 0 heterocycles. The number of hydrogen-bond donors (Lipinski definition) is 1. The van der Waals surface area contributed by atoms with E-state index in [1.807, 2.05) is 13.0 Å². The predicted molar refractivity (Wildman–Crippen MR) is 63.0 cm³/mol. The molecule has 88 valence electrons. The van der Waals surface area contributed by atoms with Gasteiger partial charge in [-0.15, -0.1) is 11.6 Å². The number of carboxylic acids is 1. The van der Waals surface area contributed by atoms with E-state index in [1.54, 1.807) is 24.3 Å². The van der Waals surface area contributed by atoms with Gasteiger partial charge in [-0.1, -0.05) is 25.1 Å². The number of benzene rings is 1.